The van der Waals surface area contributed by atoms with Crippen LogP contribution in [0.5, 0.6) is 0 Å². The molecule has 0 fully saturated rings. The summed E-state index contributed by atoms with van der Waals surface area (Å²) < 4.78 is 35.8. The first-order chi connectivity index (χ1) is 13.0. The molecule has 0 radical (unpaired) electrons. The molecule has 0 unspecified atom stereocenters. The summed E-state index contributed by atoms with van der Waals surface area (Å²) in [6.45, 7) is 9.20. The molecule has 0 aliphatic rings. The van der Waals surface area contributed by atoms with Gasteiger partial charge in [0.2, 0.25) is 15.7 Å². The van der Waals surface area contributed by atoms with Crippen LogP contribution >= 0.6 is 0 Å². The molecule has 2 aromatic rings. The molecule has 9 heteroatoms. The number of amides is 1. The molecule has 1 aromatic heterocycles. The Morgan fingerprint density at radius 1 is 1.18 bits per heavy atom. The maximum Gasteiger partial charge on any atom is 0.408 e. The number of sulfone groups is 1. The van der Waals surface area contributed by atoms with Gasteiger partial charge in [0.25, 0.3) is 0 Å². The van der Waals surface area contributed by atoms with E-state index in [0.29, 0.717) is 12.0 Å². The van der Waals surface area contributed by atoms with Gasteiger partial charge in [-0.25, -0.2) is 13.2 Å². The van der Waals surface area contributed by atoms with Crippen LogP contribution in [0.2, 0.25) is 0 Å². The van der Waals surface area contributed by atoms with Crippen LogP contribution in [0.3, 0.4) is 0 Å². The van der Waals surface area contributed by atoms with Gasteiger partial charge in [-0.3, -0.25) is 0 Å². The second-order valence-electron chi connectivity index (χ2n) is 7.98. The fraction of sp³-hybridized carbons (Fsp3) is 0.526. The van der Waals surface area contributed by atoms with Gasteiger partial charge in [0.15, 0.2) is 0 Å². The summed E-state index contributed by atoms with van der Waals surface area (Å²) in [5, 5.41) is 9.78. The van der Waals surface area contributed by atoms with Crippen LogP contribution in [0.25, 0.3) is 0 Å². The van der Waals surface area contributed by atoms with Crippen molar-refractivity contribution in [2.75, 3.05) is 0 Å². The number of rotatable bonds is 7. The average Bonchev–Trinajstić information content (AvgIpc) is 3.03. The highest BCUT2D eigenvalue weighted by Crippen LogP contribution is 2.24. The molecule has 1 atom stereocenters. The van der Waals surface area contributed by atoms with Crippen LogP contribution in [-0.2, 0) is 20.3 Å². The van der Waals surface area contributed by atoms with Crippen molar-refractivity contribution in [3.05, 3.63) is 41.8 Å². The molecule has 0 bridgehead atoms. The molecule has 1 heterocycles. The zero-order chi connectivity index (χ0) is 20.9. The van der Waals surface area contributed by atoms with E-state index in [1.807, 2.05) is 13.8 Å². The van der Waals surface area contributed by atoms with Crippen LogP contribution in [-0.4, -0.2) is 30.3 Å². The predicted octanol–water partition coefficient (Wildman–Crippen LogP) is 3.66. The summed E-state index contributed by atoms with van der Waals surface area (Å²) in [5.74, 6) is -0.0218. The lowest BCUT2D eigenvalue weighted by Crippen LogP contribution is -2.35. The lowest BCUT2D eigenvalue weighted by atomic mass is 10.0. The molecule has 0 saturated heterocycles. The highest BCUT2D eigenvalue weighted by molar-refractivity contribution is 7.90. The van der Waals surface area contributed by atoms with E-state index in [1.54, 1.807) is 51.1 Å². The van der Waals surface area contributed by atoms with E-state index < -0.39 is 32.8 Å². The normalized spacial score (nSPS) is 13.4. The standard InChI is InChI=1S/C19H27N3O5S/c1-13(2)11-15(20-17(23)27-19(3,4)5)16-21-22-18(26-16)28(24,25)12-14-9-7-6-8-10-14/h6-10,13,15H,11-12H2,1-5H3,(H,20,23)/t15-/m0/s1. The molecule has 0 aliphatic carbocycles. The summed E-state index contributed by atoms with van der Waals surface area (Å²) in [5.41, 5.74) is -0.0428. The van der Waals surface area contributed by atoms with E-state index in [1.165, 1.54) is 0 Å². The molecule has 154 valence electrons. The van der Waals surface area contributed by atoms with Gasteiger partial charge in [0.05, 0.1) is 5.75 Å². The smallest absolute Gasteiger partial charge is 0.408 e. The summed E-state index contributed by atoms with van der Waals surface area (Å²) >= 11 is 0. The summed E-state index contributed by atoms with van der Waals surface area (Å²) in [6.07, 6.45) is -0.148. The molecule has 1 aromatic carbocycles. The van der Waals surface area contributed by atoms with Crippen molar-refractivity contribution in [1.82, 2.24) is 15.5 Å². The second-order valence-corrected chi connectivity index (χ2v) is 9.85. The monoisotopic (exact) mass is 409 g/mol. The Hall–Kier alpha value is -2.42. The zero-order valence-electron chi connectivity index (χ0n) is 16.8. The van der Waals surface area contributed by atoms with E-state index in [9.17, 15) is 13.2 Å². The first-order valence-corrected chi connectivity index (χ1v) is 10.7. The predicted molar refractivity (Wildman–Crippen MR) is 103 cm³/mol. The fourth-order valence-electron chi connectivity index (χ4n) is 2.48. The Balaban J connectivity index is 2.19. The molecule has 1 N–H and O–H groups in total. The number of carbonyl (C=O) groups is 1. The molecule has 28 heavy (non-hydrogen) atoms. The molecule has 0 spiro atoms. The van der Waals surface area contributed by atoms with Gasteiger partial charge >= 0.3 is 11.3 Å². The van der Waals surface area contributed by atoms with E-state index in [0.717, 1.165) is 0 Å². The van der Waals surface area contributed by atoms with Crippen LogP contribution in [0.1, 0.15) is 58.5 Å². The third-order valence-electron chi connectivity index (χ3n) is 3.58. The van der Waals surface area contributed by atoms with Crippen molar-refractivity contribution in [3.8, 4) is 0 Å². The summed E-state index contributed by atoms with van der Waals surface area (Å²) in [4.78, 5) is 12.1. The van der Waals surface area contributed by atoms with Crippen LogP contribution in [0, 0.1) is 5.92 Å². The SMILES string of the molecule is CC(C)C[C@H](NC(=O)OC(C)(C)C)c1nnc(S(=O)(=O)Cc2ccccc2)o1. The zero-order valence-corrected chi connectivity index (χ0v) is 17.6. The second kappa shape index (κ2) is 8.72. The Morgan fingerprint density at radius 3 is 2.39 bits per heavy atom. The number of nitrogens with zero attached hydrogens (tertiary/aromatic N) is 2. The summed E-state index contributed by atoms with van der Waals surface area (Å²) in [7, 11) is -3.80. The van der Waals surface area contributed by atoms with E-state index in [4.69, 9.17) is 9.15 Å². The number of hydrogen-bond donors (Lipinski definition) is 1. The van der Waals surface area contributed by atoms with Crippen molar-refractivity contribution < 1.29 is 22.4 Å². The Bertz CT molecular complexity index is 886. The van der Waals surface area contributed by atoms with Crippen LogP contribution in [0.4, 0.5) is 4.79 Å². The molecule has 8 nitrogen and oxygen atoms in total. The van der Waals surface area contributed by atoms with Crippen molar-refractivity contribution >= 4 is 15.9 Å². The number of carbonyl (C=O) groups excluding carboxylic acids is 1. The maximum absolute atomic E-state index is 12.6. The van der Waals surface area contributed by atoms with Crippen molar-refractivity contribution in [3.63, 3.8) is 0 Å². The van der Waals surface area contributed by atoms with Gasteiger partial charge in [-0.2, -0.15) is 0 Å². The largest absolute Gasteiger partial charge is 0.444 e. The minimum absolute atomic E-state index is 0.0335. The number of alkyl carbamates (subject to hydrolysis) is 1. The minimum Gasteiger partial charge on any atom is -0.444 e. The van der Waals surface area contributed by atoms with Gasteiger partial charge in [-0.05, 0) is 38.7 Å². The van der Waals surface area contributed by atoms with Gasteiger partial charge in [0, 0.05) is 0 Å². The summed E-state index contributed by atoms with van der Waals surface area (Å²) in [6, 6.07) is 8.09. The Kier molecular flexibility index (Phi) is 6.82. The number of benzene rings is 1. The first kappa shape index (κ1) is 21.9. The highest BCUT2D eigenvalue weighted by Gasteiger charge is 2.29. The van der Waals surface area contributed by atoms with Crippen molar-refractivity contribution in [2.45, 2.75) is 63.7 Å². The van der Waals surface area contributed by atoms with Crippen molar-refractivity contribution in [1.29, 1.82) is 0 Å². The third kappa shape index (κ3) is 6.63. The number of aromatic nitrogens is 2. The van der Waals surface area contributed by atoms with Crippen LogP contribution in [0.15, 0.2) is 40.0 Å². The molecular weight excluding hydrogens is 382 g/mol. The molecule has 0 aliphatic heterocycles. The van der Waals surface area contributed by atoms with Crippen molar-refractivity contribution in [2.24, 2.45) is 5.92 Å². The highest BCUT2D eigenvalue weighted by atomic mass is 32.2. The van der Waals surface area contributed by atoms with Gasteiger partial charge in [-0.15, -0.1) is 5.10 Å². The quantitative estimate of drug-likeness (QED) is 0.743. The average molecular weight is 410 g/mol. The topological polar surface area (TPSA) is 111 Å². The lowest BCUT2D eigenvalue weighted by Gasteiger charge is -2.22. The van der Waals surface area contributed by atoms with Crippen LogP contribution < -0.4 is 5.32 Å². The van der Waals surface area contributed by atoms with Gasteiger partial charge < -0.3 is 14.5 Å². The molecule has 0 saturated carbocycles. The Labute approximate surface area is 165 Å². The molecular formula is C19H27N3O5S. The minimum atomic E-state index is -3.80. The number of hydrogen-bond acceptors (Lipinski definition) is 7. The Morgan fingerprint density at radius 2 is 1.82 bits per heavy atom. The third-order valence-corrected chi connectivity index (χ3v) is 4.99. The lowest BCUT2D eigenvalue weighted by molar-refractivity contribution is 0.0487. The van der Waals surface area contributed by atoms with E-state index in [-0.39, 0.29) is 17.6 Å². The first-order valence-electron chi connectivity index (χ1n) is 9.06. The number of ether oxygens (including phenoxy) is 1. The van der Waals surface area contributed by atoms with E-state index in [2.05, 4.69) is 15.5 Å². The fourth-order valence-corrected chi connectivity index (χ4v) is 3.62. The molecule has 2 rings (SSSR count). The van der Waals surface area contributed by atoms with E-state index >= 15 is 0 Å². The molecule has 1 amide bonds. The maximum atomic E-state index is 12.6. The van der Waals surface area contributed by atoms with Gasteiger partial charge in [-0.1, -0.05) is 49.3 Å². The van der Waals surface area contributed by atoms with Gasteiger partial charge in [0.1, 0.15) is 11.6 Å². The number of nitrogens with one attached hydrogen (secondary N) is 1.